The molecule has 0 atom stereocenters. The Labute approximate surface area is 129 Å². The zero-order valence-electron chi connectivity index (χ0n) is 10.6. The minimum Gasteiger partial charge on any atom is -0.398 e. The highest BCUT2D eigenvalue weighted by Gasteiger charge is 2.15. The normalized spacial score (nSPS) is 11.6. The Morgan fingerprint density at radius 3 is 2.43 bits per heavy atom. The smallest absolute Gasteiger partial charge is 0.240 e. The van der Waals surface area contributed by atoms with E-state index in [0.29, 0.717) is 10.0 Å². The fourth-order valence-corrected chi connectivity index (χ4v) is 2.90. The lowest BCUT2D eigenvalue weighted by molar-refractivity contribution is 0.506. The molecule has 4 nitrogen and oxygen atoms in total. The Kier molecular flexibility index (Phi) is 4.60. The third kappa shape index (κ3) is 3.78. The lowest BCUT2D eigenvalue weighted by Crippen LogP contribution is -2.23. The maximum atomic E-state index is 13.0. The summed E-state index contributed by atoms with van der Waals surface area (Å²) in [5, 5.41) is 0. The van der Waals surface area contributed by atoms with Crippen LogP contribution in [-0.4, -0.2) is 8.42 Å². The molecular formula is C13H11BrF2N2O2S. The van der Waals surface area contributed by atoms with Gasteiger partial charge in [-0.15, -0.1) is 0 Å². The van der Waals surface area contributed by atoms with Crippen LogP contribution in [0, 0.1) is 11.6 Å². The van der Waals surface area contributed by atoms with Gasteiger partial charge in [0.1, 0.15) is 0 Å². The molecule has 21 heavy (non-hydrogen) atoms. The molecule has 0 unspecified atom stereocenters. The molecule has 2 aromatic carbocycles. The van der Waals surface area contributed by atoms with Crippen molar-refractivity contribution in [1.82, 2.24) is 4.72 Å². The average Bonchev–Trinajstić information content (AvgIpc) is 2.43. The Bertz CT molecular complexity index is 782. The van der Waals surface area contributed by atoms with Gasteiger partial charge in [-0.2, -0.15) is 0 Å². The van der Waals surface area contributed by atoms with Gasteiger partial charge in [0.05, 0.1) is 4.90 Å². The van der Waals surface area contributed by atoms with Crippen LogP contribution in [0.3, 0.4) is 0 Å². The van der Waals surface area contributed by atoms with Crippen molar-refractivity contribution in [3.8, 4) is 0 Å². The number of nitrogens with one attached hydrogen (secondary N) is 1. The Hall–Kier alpha value is -1.51. The van der Waals surface area contributed by atoms with Crippen molar-refractivity contribution in [2.24, 2.45) is 0 Å². The highest BCUT2D eigenvalue weighted by Crippen LogP contribution is 2.22. The molecule has 0 heterocycles. The van der Waals surface area contributed by atoms with Crippen molar-refractivity contribution in [1.29, 1.82) is 0 Å². The predicted molar refractivity (Wildman–Crippen MR) is 78.9 cm³/mol. The van der Waals surface area contributed by atoms with Gasteiger partial charge in [0.25, 0.3) is 0 Å². The fourth-order valence-electron chi connectivity index (χ4n) is 1.60. The van der Waals surface area contributed by atoms with Crippen molar-refractivity contribution in [2.45, 2.75) is 11.4 Å². The minimum absolute atomic E-state index is 0.00853. The van der Waals surface area contributed by atoms with E-state index in [-0.39, 0.29) is 17.1 Å². The molecule has 0 fully saturated rings. The van der Waals surface area contributed by atoms with E-state index in [2.05, 4.69) is 20.7 Å². The van der Waals surface area contributed by atoms with Crippen LogP contribution < -0.4 is 10.5 Å². The van der Waals surface area contributed by atoms with Crippen molar-refractivity contribution in [2.75, 3.05) is 5.73 Å². The maximum absolute atomic E-state index is 13.0. The Morgan fingerprint density at radius 2 is 1.81 bits per heavy atom. The van der Waals surface area contributed by atoms with E-state index in [1.165, 1.54) is 24.3 Å². The van der Waals surface area contributed by atoms with Crippen molar-refractivity contribution in [3.05, 3.63) is 58.1 Å². The summed E-state index contributed by atoms with van der Waals surface area (Å²) in [7, 11) is -3.79. The first-order chi connectivity index (χ1) is 9.79. The summed E-state index contributed by atoms with van der Waals surface area (Å²) in [4.78, 5) is -0.00853. The zero-order valence-corrected chi connectivity index (χ0v) is 13.0. The number of hydrogen-bond donors (Lipinski definition) is 2. The zero-order chi connectivity index (χ0) is 15.6. The van der Waals surface area contributed by atoms with Crippen LogP contribution in [0.1, 0.15) is 5.56 Å². The van der Waals surface area contributed by atoms with E-state index >= 15 is 0 Å². The molecular weight excluding hydrogens is 366 g/mol. The van der Waals surface area contributed by atoms with Crippen molar-refractivity contribution >= 4 is 31.6 Å². The SMILES string of the molecule is Nc1cc(S(=O)(=O)NCc2ccc(F)c(F)c2)ccc1Br. The third-order valence-corrected chi connectivity index (χ3v) is 4.85. The summed E-state index contributed by atoms with van der Waals surface area (Å²) in [5.41, 5.74) is 6.22. The number of nitrogen functional groups attached to an aromatic ring is 1. The van der Waals surface area contributed by atoms with Crippen LogP contribution in [-0.2, 0) is 16.6 Å². The monoisotopic (exact) mass is 376 g/mol. The molecule has 0 aromatic heterocycles. The second-order valence-electron chi connectivity index (χ2n) is 4.26. The highest BCUT2D eigenvalue weighted by molar-refractivity contribution is 9.10. The van der Waals surface area contributed by atoms with E-state index in [0.717, 1.165) is 12.1 Å². The molecule has 2 rings (SSSR count). The molecule has 3 N–H and O–H groups in total. The molecule has 0 radical (unpaired) electrons. The van der Waals surface area contributed by atoms with Gasteiger partial charge in [-0.3, -0.25) is 0 Å². The van der Waals surface area contributed by atoms with E-state index in [1.54, 1.807) is 0 Å². The quantitative estimate of drug-likeness (QED) is 0.805. The molecule has 112 valence electrons. The van der Waals surface area contributed by atoms with Crippen LogP contribution in [0.2, 0.25) is 0 Å². The molecule has 0 saturated heterocycles. The van der Waals surface area contributed by atoms with Gasteiger partial charge in [-0.1, -0.05) is 6.07 Å². The summed E-state index contributed by atoms with van der Waals surface area (Å²) < 4.78 is 52.9. The van der Waals surface area contributed by atoms with E-state index in [4.69, 9.17) is 5.73 Å². The van der Waals surface area contributed by atoms with Gasteiger partial charge in [0.2, 0.25) is 10.0 Å². The second-order valence-corrected chi connectivity index (χ2v) is 6.88. The number of anilines is 1. The van der Waals surface area contributed by atoms with Crippen molar-refractivity contribution in [3.63, 3.8) is 0 Å². The Morgan fingerprint density at radius 1 is 1.10 bits per heavy atom. The Balaban J connectivity index is 2.17. The lowest BCUT2D eigenvalue weighted by Gasteiger charge is -2.08. The molecule has 0 spiro atoms. The van der Waals surface area contributed by atoms with Crippen molar-refractivity contribution < 1.29 is 17.2 Å². The molecule has 0 amide bonds. The van der Waals surface area contributed by atoms with Crippen LogP contribution in [0.4, 0.5) is 14.5 Å². The summed E-state index contributed by atoms with van der Waals surface area (Å²) in [6.45, 7) is -0.157. The summed E-state index contributed by atoms with van der Waals surface area (Å²) >= 11 is 3.17. The summed E-state index contributed by atoms with van der Waals surface area (Å²) in [5.74, 6) is -2.01. The van der Waals surface area contributed by atoms with Crippen LogP contribution in [0.5, 0.6) is 0 Å². The summed E-state index contributed by atoms with van der Waals surface area (Å²) in [6.07, 6.45) is 0. The predicted octanol–water partition coefficient (Wildman–Crippen LogP) is 2.79. The minimum atomic E-state index is -3.79. The molecule has 0 saturated carbocycles. The van der Waals surface area contributed by atoms with Crippen LogP contribution >= 0.6 is 15.9 Å². The third-order valence-electron chi connectivity index (χ3n) is 2.73. The van der Waals surface area contributed by atoms with E-state index in [1.807, 2.05) is 0 Å². The van der Waals surface area contributed by atoms with Gasteiger partial charge in [0, 0.05) is 16.7 Å². The maximum Gasteiger partial charge on any atom is 0.240 e. The van der Waals surface area contributed by atoms with Gasteiger partial charge in [0.15, 0.2) is 11.6 Å². The van der Waals surface area contributed by atoms with Gasteiger partial charge >= 0.3 is 0 Å². The first kappa shape index (κ1) is 15.9. The highest BCUT2D eigenvalue weighted by atomic mass is 79.9. The van der Waals surface area contributed by atoms with Crippen LogP contribution in [0.25, 0.3) is 0 Å². The number of benzene rings is 2. The number of nitrogens with two attached hydrogens (primary N) is 1. The first-order valence-corrected chi connectivity index (χ1v) is 8.06. The molecule has 8 heteroatoms. The number of sulfonamides is 1. The van der Waals surface area contributed by atoms with Gasteiger partial charge in [-0.25, -0.2) is 21.9 Å². The van der Waals surface area contributed by atoms with Gasteiger partial charge in [-0.05, 0) is 51.8 Å². The number of halogens is 3. The lowest BCUT2D eigenvalue weighted by atomic mass is 10.2. The van der Waals surface area contributed by atoms with E-state index in [9.17, 15) is 17.2 Å². The topological polar surface area (TPSA) is 72.2 Å². The number of hydrogen-bond acceptors (Lipinski definition) is 3. The fraction of sp³-hybridized carbons (Fsp3) is 0.0769. The van der Waals surface area contributed by atoms with Gasteiger partial charge < -0.3 is 5.73 Å². The molecule has 0 aliphatic rings. The molecule has 0 aliphatic carbocycles. The largest absolute Gasteiger partial charge is 0.398 e. The summed E-state index contributed by atoms with van der Waals surface area (Å²) in [6, 6.07) is 7.38. The first-order valence-electron chi connectivity index (χ1n) is 5.78. The standard InChI is InChI=1S/C13H11BrF2N2O2S/c14-10-3-2-9(6-13(10)17)21(19,20)18-7-8-1-4-11(15)12(16)5-8/h1-6,18H,7,17H2. The number of rotatable bonds is 4. The second kappa shape index (κ2) is 6.08. The average molecular weight is 377 g/mol. The molecule has 0 aliphatic heterocycles. The van der Waals surface area contributed by atoms with Crippen LogP contribution in [0.15, 0.2) is 45.8 Å². The molecule has 2 aromatic rings. The molecule has 0 bridgehead atoms. The van der Waals surface area contributed by atoms with E-state index < -0.39 is 21.7 Å².